The number of esters is 4. The molecule has 46 heteroatoms. The number of carbonyl (C=O) groups excluding carboxylic acids is 14. The van der Waals surface area contributed by atoms with Crippen molar-refractivity contribution < 1.29 is 173 Å². The zero-order valence-electron chi connectivity index (χ0n) is 66.8. The van der Waals surface area contributed by atoms with Gasteiger partial charge in [0.15, 0.2) is 0 Å². The van der Waals surface area contributed by atoms with Gasteiger partial charge in [0.2, 0.25) is 0 Å². The molecule has 0 rings (SSSR count). The maximum atomic E-state index is 12.1. The van der Waals surface area contributed by atoms with E-state index in [0.717, 1.165) is 0 Å². The summed E-state index contributed by atoms with van der Waals surface area (Å²) in [6, 6.07) is 0. The molecule has 2 amide bonds. The zero-order valence-corrected chi connectivity index (χ0v) is 66.8. The highest BCUT2D eigenvalue weighted by molar-refractivity contribution is 5.88. The van der Waals surface area contributed by atoms with E-state index < -0.39 is 72.1 Å². The van der Waals surface area contributed by atoms with Gasteiger partial charge in [0, 0.05) is 74.7 Å². The highest BCUT2D eigenvalue weighted by Crippen LogP contribution is 2.14. The van der Waals surface area contributed by atoms with Crippen molar-refractivity contribution in [1.29, 1.82) is 0 Å². The summed E-state index contributed by atoms with van der Waals surface area (Å²) >= 11 is 0. The molecule has 0 bridgehead atoms. The number of ether oxygens (including phenoxy) is 14. The maximum Gasteiger partial charge on any atom is 0.407 e. The van der Waals surface area contributed by atoms with E-state index >= 15 is 0 Å². The summed E-state index contributed by atoms with van der Waals surface area (Å²) in [6.45, 7) is 30.2. The van der Waals surface area contributed by atoms with Crippen molar-refractivity contribution in [3.63, 3.8) is 0 Å². The van der Waals surface area contributed by atoms with Gasteiger partial charge in [-0.3, -0.25) is 77.1 Å². The monoisotopic (exact) mass is 1690 g/mol. The number of nitrogens with one attached hydrogen (secondary N) is 2. The Bertz CT molecular complexity index is 2940. The van der Waals surface area contributed by atoms with E-state index in [2.05, 4.69) is 55.9 Å². The van der Waals surface area contributed by atoms with Crippen LogP contribution in [0.2, 0.25) is 0 Å². The molecule has 6 N–H and O–H groups in total. The van der Waals surface area contributed by atoms with E-state index in [4.69, 9.17) is 67.8 Å². The number of likely N-dealkylation sites (N-methyl/N-ethyl adjacent to an activating group) is 4. The summed E-state index contributed by atoms with van der Waals surface area (Å²) in [7, 11) is 0. The summed E-state index contributed by atoms with van der Waals surface area (Å²) in [5.41, 5.74) is 0.939. The number of amides is 2. The minimum absolute atomic E-state index is 0. The largest absolute Gasteiger partial charge is 0.480 e. The normalized spacial score (nSPS) is 11.4. The second-order valence-electron chi connectivity index (χ2n) is 24.3. The average Bonchev–Trinajstić information content (AvgIpc) is 0.919. The van der Waals surface area contributed by atoms with Crippen molar-refractivity contribution in [2.45, 2.75) is 87.9 Å². The molecule has 0 heterocycles. The minimum Gasteiger partial charge on any atom is -0.480 e. The van der Waals surface area contributed by atoms with Crippen LogP contribution in [0, 0.1) is 11.8 Å². The van der Waals surface area contributed by atoms with Crippen molar-refractivity contribution in [3.8, 4) is 0 Å². The van der Waals surface area contributed by atoms with Gasteiger partial charge in [0.25, 0.3) is 51.8 Å². The van der Waals surface area contributed by atoms with Crippen molar-refractivity contribution >= 4 is 112 Å². The molecule has 0 aromatic carbocycles. The molecule has 0 aromatic heterocycles. The first kappa shape index (κ1) is 114. The minimum atomic E-state index is -1.06. The Balaban J connectivity index is -0.000000478. The van der Waals surface area contributed by atoms with Gasteiger partial charge < -0.3 is 97.4 Å². The quantitative estimate of drug-likeness (QED) is 0.0108. The van der Waals surface area contributed by atoms with Gasteiger partial charge in [-0.05, 0) is 78.6 Å². The lowest BCUT2D eigenvalue weighted by Crippen LogP contribution is -2.46. The van der Waals surface area contributed by atoms with Gasteiger partial charge in [-0.2, -0.15) is 0 Å². The molecule has 0 aliphatic rings. The Hall–Kier alpha value is -11.3. The lowest BCUT2D eigenvalue weighted by molar-refractivity contribution is -0.154. The maximum absolute atomic E-state index is 12.1. The van der Waals surface area contributed by atoms with Crippen LogP contribution in [0.4, 0.5) is 9.59 Å². The predicted molar refractivity (Wildman–Crippen MR) is 405 cm³/mol. The van der Waals surface area contributed by atoms with E-state index in [-0.39, 0.29) is 246 Å². The van der Waals surface area contributed by atoms with Crippen LogP contribution >= 0.6 is 0 Å². The van der Waals surface area contributed by atoms with Crippen LogP contribution in [0.25, 0.3) is 0 Å². The van der Waals surface area contributed by atoms with E-state index in [9.17, 15) is 86.3 Å². The summed E-state index contributed by atoms with van der Waals surface area (Å²) < 4.78 is 68.0. The first-order valence-electron chi connectivity index (χ1n) is 35.4. The number of rotatable bonds is 70. The smallest absolute Gasteiger partial charge is 0.407 e. The first-order chi connectivity index (χ1) is 55.1. The average molecular weight is 1690 g/mol. The Morgan fingerprint density at radius 2 is 0.538 bits per heavy atom. The van der Waals surface area contributed by atoms with Gasteiger partial charge in [-0.25, -0.2) is 48.4 Å². The first-order valence-corrected chi connectivity index (χ1v) is 35.4. The number of carbonyl (C=O) groups is 18. The summed E-state index contributed by atoms with van der Waals surface area (Å²) in [5.74, 6) is -6.64. The lowest BCUT2D eigenvalue weighted by Gasteiger charge is -2.29. The van der Waals surface area contributed by atoms with E-state index in [0.29, 0.717) is 58.7 Å². The van der Waals surface area contributed by atoms with Gasteiger partial charge in [0.1, 0.15) is 79.3 Å². The summed E-state index contributed by atoms with van der Waals surface area (Å²) in [5, 5.41) is 40.9. The lowest BCUT2D eigenvalue weighted by atomic mass is 10.0. The summed E-state index contributed by atoms with van der Waals surface area (Å²) in [4.78, 5) is 210. The van der Waals surface area contributed by atoms with E-state index in [1.165, 1.54) is 40.4 Å². The molecule has 0 aliphatic heterocycles. The molecule has 117 heavy (non-hydrogen) atoms. The highest BCUT2D eigenvalue weighted by atomic mass is 16.6. The second-order valence-corrected chi connectivity index (χ2v) is 24.3. The van der Waals surface area contributed by atoms with Crippen LogP contribution in [0.3, 0.4) is 0 Å². The standard InChI is InChI=1S/C20H33N3O10.C18H29N3O10.C17H28N2O8.C15H24N2O8.CH4/c1-4-22(11-18(26)27)9-17(10-23(12-30-14-24)13-31-15-25)5-7-33-20(29)21-6-8-32-19(28)16(2)3;1-4-20(9-16(24)25)7-15(8-21(10-28-12-22)11-29-13-23)31-18(27)19-5-6-30-17(26)14(2)3;1-4-18(9-16(22)23)7-15(5-6-27-17(24)14(2)3)8-19(10-25-12-20)11-26-13-21;1-4-16(7-14(20)21)5-13(25-15(22)12(2)3)6-17(8-23-10-18)9-24-11-19;/h14-15,17H,2,4-13H2,1,3H3,(H,21,29)(H,26,27);12-13,15H,2,4-11H2,1,3H3,(H,19,27)(H,24,25);12-13,15H,2,4-11H2,1,3H3,(H,22,23);10-11,13H,2,4-9H2,1,3H3,(H,20,21);1H4. The molecule has 4 unspecified atom stereocenters. The van der Waals surface area contributed by atoms with Gasteiger partial charge in [-0.1, -0.05) is 61.4 Å². The SMILES string of the molecule is C.C=C(C)C(=O)OC(CN(COC=O)COC=O)CN(CC)CC(=O)O.C=C(C)C(=O)OCCC(CN(COC=O)COC=O)CN(CC)CC(=O)O.C=C(C)C(=O)OCCNC(=O)OC(CN(COC=O)COC=O)CN(CC)CC(=O)O.C=C(C)C(=O)OCCNC(=O)OCCC(CN(COC=O)COC=O)CN(CC)CC(=O)O. The predicted octanol–water partition coefficient (Wildman–Crippen LogP) is -0.861. The molecule has 0 spiro atoms. The molecule has 0 fully saturated rings. The second kappa shape index (κ2) is 74.8. The Kier molecular flexibility index (Phi) is 73.0. The van der Waals surface area contributed by atoms with Gasteiger partial charge in [0.05, 0.1) is 52.5 Å². The molecular formula is C71H118N10O36. The number of carboxylic acid groups (broad SMARTS) is 4. The third kappa shape index (κ3) is 68.8. The molecule has 4 atom stereocenters. The van der Waals surface area contributed by atoms with Crippen molar-refractivity contribution in [2.24, 2.45) is 11.8 Å². The third-order valence-corrected chi connectivity index (χ3v) is 14.4. The van der Waals surface area contributed by atoms with Crippen LogP contribution in [0.15, 0.2) is 48.6 Å². The van der Waals surface area contributed by atoms with Gasteiger partial charge in [-0.15, -0.1) is 0 Å². The van der Waals surface area contributed by atoms with Crippen LogP contribution in [0.1, 0.15) is 75.7 Å². The number of nitrogens with zero attached hydrogens (tertiary/aromatic N) is 8. The number of aliphatic carboxylic acids is 4. The van der Waals surface area contributed by atoms with Crippen molar-refractivity contribution in [1.82, 2.24) is 49.8 Å². The molecule has 0 aliphatic carbocycles. The van der Waals surface area contributed by atoms with Crippen LogP contribution in [-0.4, -0.2) is 382 Å². The fourth-order valence-electron chi connectivity index (χ4n) is 9.10. The number of alkyl carbamates (subject to hydrolysis) is 2. The van der Waals surface area contributed by atoms with E-state index in [1.54, 1.807) is 40.4 Å². The fourth-order valence-corrected chi connectivity index (χ4v) is 9.10. The Morgan fingerprint density at radius 3 is 0.795 bits per heavy atom. The van der Waals surface area contributed by atoms with Crippen LogP contribution < -0.4 is 10.6 Å². The fraction of sp³-hybridized carbons (Fsp3) is 0.634. The molecule has 0 aromatic rings. The third-order valence-electron chi connectivity index (χ3n) is 14.4. The van der Waals surface area contributed by atoms with Crippen LogP contribution in [0.5, 0.6) is 0 Å². The number of carboxylic acids is 4. The molecular weight excluding hydrogens is 1570 g/mol. The summed E-state index contributed by atoms with van der Waals surface area (Å²) in [6.07, 6.45) is -2.38. The molecule has 0 saturated carbocycles. The van der Waals surface area contributed by atoms with Crippen LogP contribution in [-0.2, 0) is 143 Å². The zero-order chi connectivity index (χ0) is 88.6. The molecule has 46 nitrogen and oxygen atoms in total. The van der Waals surface area contributed by atoms with Crippen molar-refractivity contribution in [3.05, 3.63) is 48.6 Å². The topological polar surface area (TPSA) is 567 Å². The Labute approximate surface area is 678 Å². The molecule has 0 saturated heterocycles. The molecule has 0 radical (unpaired) electrons. The number of hydrogen-bond acceptors (Lipinski definition) is 40. The van der Waals surface area contributed by atoms with E-state index in [1.807, 2.05) is 13.8 Å². The van der Waals surface area contributed by atoms with Crippen molar-refractivity contribution in [2.75, 3.05) is 198 Å². The number of hydrogen-bond donors (Lipinski definition) is 6. The molecule has 668 valence electrons. The Morgan fingerprint density at radius 1 is 0.316 bits per heavy atom. The van der Waals surface area contributed by atoms with Gasteiger partial charge >= 0.3 is 59.9 Å². The highest BCUT2D eigenvalue weighted by Gasteiger charge is 2.27.